The summed E-state index contributed by atoms with van der Waals surface area (Å²) < 4.78 is 11.2. The van der Waals surface area contributed by atoms with Gasteiger partial charge in [0, 0.05) is 19.6 Å². The van der Waals surface area contributed by atoms with Crippen LogP contribution < -0.4 is 0 Å². The van der Waals surface area contributed by atoms with Crippen LogP contribution in [0.4, 0.5) is 0 Å². The predicted octanol–water partition coefficient (Wildman–Crippen LogP) is 4.67. The molecule has 0 aromatic rings. The second kappa shape index (κ2) is 12.5. The Hall–Kier alpha value is -0.520. The van der Waals surface area contributed by atoms with Crippen molar-refractivity contribution in [3.63, 3.8) is 0 Å². The van der Waals surface area contributed by atoms with E-state index in [4.69, 9.17) is 15.9 Å². The van der Waals surface area contributed by atoms with Crippen LogP contribution in [0.2, 0.25) is 0 Å². The van der Waals surface area contributed by atoms with Gasteiger partial charge in [-0.05, 0) is 32.1 Å². The first kappa shape index (κ1) is 16.5. The standard InChI is InChI=1S/C17H30O2/c1-2-3-4-5-6-7-8-9-10-12-15-18-17-14-11-13-16-19-17/h1,17H,3-16H2. The molecule has 0 radical (unpaired) electrons. The highest BCUT2D eigenvalue weighted by atomic mass is 16.7. The molecule has 2 nitrogen and oxygen atoms in total. The van der Waals surface area contributed by atoms with E-state index in [2.05, 4.69) is 5.92 Å². The third kappa shape index (κ3) is 9.99. The van der Waals surface area contributed by atoms with Gasteiger partial charge in [0.05, 0.1) is 0 Å². The Morgan fingerprint density at radius 2 is 1.63 bits per heavy atom. The van der Waals surface area contributed by atoms with E-state index in [1.807, 2.05) is 0 Å². The van der Waals surface area contributed by atoms with Gasteiger partial charge in [-0.1, -0.05) is 38.5 Å². The van der Waals surface area contributed by atoms with Crippen molar-refractivity contribution in [2.24, 2.45) is 0 Å². The summed E-state index contributed by atoms with van der Waals surface area (Å²) in [5.74, 6) is 2.70. The van der Waals surface area contributed by atoms with E-state index >= 15 is 0 Å². The fraction of sp³-hybridized carbons (Fsp3) is 0.882. The average Bonchev–Trinajstić information content (AvgIpc) is 2.46. The fourth-order valence-corrected chi connectivity index (χ4v) is 2.45. The summed E-state index contributed by atoms with van der Waals surface area (Å²) in [7, 11) is 0. The lowest BCUT2D eigenvalue weighted by molar-refractivity contribution is -0.162. The minimum atomic E-state index is 0.0879. The number of hydrogen-bond acceptors (Lipinski definition) is 2. The zero-order chi connectivity index (χ0) is 13.6. The third-order valence-corrected chi connectivity index (χ3v) is 3.66. The Balaban J connectivity index is 1.72. The molecule has 0 spiro atoms. The van der Waals surface area contributed by atoms with E-state index in [1.165, 1.54) is 64.2 Å². The molecular formula is C17H30O2. The molecule has 0 aromatic heterocycles. The van der Waals surface area contributed by atoms with E-state index in [9.17, 15) is 0 Å². The van der Waals surface area contributed by atoms with Gasteiger partial charge < -0.3 is 9.47 Å². The van der Waals surface area contributed by atoms with Crippen LogP contribution in [0.25, 0.3) is 0 Å². The van der Waals surface area contributed by atoms with Crippen LogP contribution >= 0.6 is 0 Å². The molecule has 19 heavy (non-hydrogen) atoms. The van der Waals surface area contributed by atoms with Crippen molar-refractivity contribution in [2.75, 3.05) is 13.2 Å². The van der Waals surface area contributed by atoms with Gasteiger partial charge in [0.2, 0.25) is 0 Å². The molecule has 1 atom stereocenters. The number of ether oxygens (including phenoxy) is 2. The predicted molar refractivity (Wildman–Crippen MR) is 79.9 cm³/mol. The van der Waals surface area contributed by atoms with Crippen LogP contribution in [0, 0.1) is 12.3 Å². The fourth-order valence-electron chi connectivity index (χ4n) is 2.45. The molecule has 1 aliphatic heterocycles. The molecular weight excluding hydrogens is 236 g/mol. The summed E-state index contributed by atoms with van der Waals surface area (Å²) in [5, 5.41) is 0. The molecule has 0 aliphatic carbocycles. The maximum absolute atomic E-state index is 5.71. The molecule has 2 heteroatoms. The van der Waals surface area contributed by atoms with E-state index in [1.54, 1.807) is 0 Å². The van der Waals surface area contributed by atoms with E-state index in [0.29, 0.717) is 0 Å². The highest BCUT2D eigenvalue weighted by molar-refractivity contribution is 4.82. The van der Waals surface area contributed by atoms with Crippen LogP contribution in [-0.4, -0.2) is 19.5 Å². The zero-order valence-electron chi connectivity index (χ0n) is 12.4. The summed E-state index contributed by atoms with van der Waals surface area (Å²) >= 11 is 0. The van der Waals surface area contributed by atoms with Gasteiger partial charge in [0.15, 0.2) is 6.29 Å². The van der Waals surface area contributed by atoms with E-state index < -0.39 is 0 Å². The van der Waals surface area contributed by atoms with Gasteiger partial charge in [-0.15, -0.1) is 12.3 Å². The van der Waals surface area contributed by atoms with Crippen LogP contribution in [0.3, 0.4) is 0 Å². The van der Waals surface area contributed by atoms with Gasteiger partial charge in [-0.25, -0.2) is 0 Å². The highest BCUT2D eigenvalue weighted by Crippen LogP contribution is 2.14. The molecule has 0 saturated carbocycles. The van der Waals surface area contributed by atoms with Gasteiger partial charge in [0.1, 0.15) is 0 Å². The second-order valence-electron chi connectivity index (χ2n) is 5.45. The smallest absolute Gasteiger partial charge is 0.157 e. The SMILES string of the molecule is C#CCCCCCCCCCCOC1CCCCO1. The van der Waals surface area contributed by atoms with E-state index in [0.717, 1.165) is 26.1 Å². The van der Waals surface area contributed by atoms with Crippen LogP contribution in [0.1, 0.15) is 77.0 Å². The van der Waals surface area contributed by atoms with Crippen LogP contribution in [0.15, 0.2) is 0 Å². The van der Waals surface area contributed by atoms with Crippen molar-refractivity contribution in [3.05, 3.63) is 0 Å². The van der Waals surface area contributed by atoms with Gasteiger partial charge in [-0.2, -0.15) is 0 Å². The van der Waals surface area contributed by atoms with Crippen molar-refractivity contribution in [1.82, 2.24) is 0 Å². The monoisotopic (exact) mass is 266 g/mol. The minimum Gasteiger partial charge on any atom is -0.353 e. The molecule has 0 amide bonds. The first-order chi connectivity index (χ1) is 9.43. The average molecular weight is 266 g/mol. The minimum absolute atomic E-state index is 0.0879. The Morgan fingerprint density at radius 3 is 2.26 bits per heavy atom. The molecule has 0 aromatic carbocycles. The van der Waals surface area contributed by atoms with Crippen molar-refractivity contribution < 1.29 is 9.47 Å². The van der Waals surface area contributed by atoms with Crippen molar-refractivity contribution >= 4 is 0 Å². The number of terminal acetylenes is 1. The van der Waals surface area contributed by atoms with Gasteiger partial charge in [-0.3, -0.25) is 0 Å². The van der Waals surface area contributed by atoms with E-state index in [-0.39, 0.29) is 6.29 Å². The summed E-state index contributed by atoms with van der Waals surface area (Å²) in [6.45, 7) is 1.75. The maximum atomic E-state index is 5.71. The summed E-state index contributed by atoms with van der Waals surface area (Å²) in [6.07, 6.45) is 20.1. The summed E-state index contributed by atoms with van der Waals surface area (Å²) in [4.78, 5) is 0. The quantitative estimate of drug-likeness (QED) is 0.399. The Morgan fingerprint density at radius 1 is 0.947 bits per heavy atom. The molecule has 1 unspecified atom stereocenters. The van der Waals surface area contributed by atoms with Crippen LogP contribution in [-0.2, 0) is 9.47 Å². The molecule has 1 aliphatic rings. The lowest BCUT2D eigenvalue weighted by Gasteiger charge is -2.22. The van der Waals surface area contributed by atoms with Gasteiger partial charge >= 0.3 is 0 Å². The molecule has 110 valence electrons. The summed E-state index contributed by atoms with van der Waals surface area (Å²) in [5.41, 5.74) is 0. The first-order valence-electron chi connectivity index (χ1n) is 8.10. The Labute approximate surface area is 119 Å². The maximum Gasteiger partial charge on any atom is 0.157 e. The van der Waals surface area contributed by atoms with Gasteiger partial charge in [0.25, 0.3) is 0 Å². The van der Waals surface area contributed by atoms with Crippen molar-refractivity contribution in [1.29, 1.82) is 0 Å². The topological polar surface area (TPSA) is 18.5 Å². The third-order valence-electron chi connectivity index (χ3n) is 3.66. The summed E-state index contributed by atoms with van der Waals surface area (Å²) in [6, 6.07) is 0. The molecule has 0 N–H and O–H groups in total. The molecule has 1 rings (SSSR count). The molecule has 0 bridgehead atoms. The number of rotatable bonds is 11. The Kier molecular flexibility index (Phi) is 10.9. The first-order valence-corrected chi connectivity index (χ1v) is 8.10. The second-order valence-corrected chi connectivity index (χ2v) is 5.45. The van der Waals surface area contributed by atoms with Crippen molar-refractivity contribution in [2.45, 2.75) is 83.3 Å². The lowest BCUT2D eigenvalue weighted by Crippen LogP contribution is -2.22. The highest BCUT2D eigenvalue weighted by Gasteiger charge is 2.13. The largest absolute Gasteiger partial charge is 0.353 e. The number of hydrogen-bond donors (Lipinski definition) is 0. The zero-order valence-corrected chi connectivity index (χ0v) is 12.4. The molecule has 1 fully saturated rings. The molecule has 1 heterocycles. The normalized spacial score (nSPS) is 19.2. The lowest BCUT2D eigenvalue weighted by atomic mass is 10.1. The van der Waals surface area contributed by atoms with Crippen LogP contribution in [0.5, 0.6) is 0 Å². The molecule has 1 saturated heterocycles. The Bertz CT molecular complexity index is 226. The van der Waals surface area contributed by atoms with Crippen molar-refractivity contribution in [3.8, 4) is 12.3 Å². The number of unbranched alkanes of at least 4 members (excludes halogenated alkanes) is 8.